The molecule has 0 saturated heterocycles. The van der Waals surface area contributed by atoms with Crippen molar-refractivity contribution in [1.29, 1.82) is 0 Å². The lowest BCUT2D eigenvalue weighted by atomic mass is 10.3. The number of nitrogens with zero attached hydrogens (tertiary/aromatic N) is 2. The Labute approximate surface area is 146 Å². The molecular formula is C16H14BrN3O2S. The fraction of sp³-hybridized carbons (Fsp3) is 0.125. The first-order valence-electron chi connectivity index (χ1n) is 6.87. The molecule has 0 spiro atoms. The van der Waals surface area contributed by atoms with E-state index in [9.17, 15) is 4.79 Å². The van der Waals surface area contributed by atoms with Crippen LogP contribution >= 0.6 is 27.7 Å². The van der Waals surface area contributed by atoms with Gasteiger partial charge in [0.2, 0.25) is 0 Å². The SMILES string of the molecule is Cn1ccnc1SCc1ccc(C(=O)Nc2ccc(Br)cc2)o1. The van der Waals surface area contributed by atoms with E-state index >= 15 is 0 Å². The lowest BCUT2D eigenvalue weighted by Crippen LogP contribution is -2.10. The van der Waals surface area contributed by atoms with E-state index in [-0.39, 0.29) is 5.91 Å². The standard InChI is InChI=1S/C16H14BrN3O2S/c1-20-9-8-18-16(20)23-10-13-6-7-14(22-13)15(21)19-12-4-2-11(17)3-5-12/h2-9H,10H2,1H3,(H,19,21). The predicted molar refractivity (Wildman–Crippen MR) is 93.6 cm³/mol. The number of aryl methyl sites for hydroxylation is 1. The zero-order valence-electron chi connectivity index (χ0n) is 12.3. The molecule has 0 atom stereocenters. The number of rotatable bonds is 5. The first-order chi connectivity index (χ1) is 11.1. The quantitative estimate of drug-likeness (QED) is 0.657. The molecule has 0 radical (unpaired) electrons. The number of nitrogens with one attached hydrogen (secondary N) is 1. The highest BCUT2D eigenvalue weighted by Gasteiger charge is 2.12. The molecule has 0 aliphatic heterocycles. The molecule has 5 nitrogen and oxygen atoms in total. The lowest BCUT2D eigenvalue weighted by Gasteiger charge is -2.03. The molecular weight excluding hydrogens is 378 g/mol. The van der Waals surface area contributed by atoms with E-state index in [2.05, 4.69) is 26.2 Å². The zero-order chi connectivity index (χ0) is 16.2. The van der Waals surface area contributed by atoms with Gasteiger partial charge in [-0.3, -0.25) is 4.79 Å². The van der Waals surface area contributed by atoms with Crippen molar-refractivity contribution in [3.8, 4) is 0 Å². The molecule has 1 N–H and O–H groups in total. The number of halogens is 1. The van der Waals surface area contributed by atoms with E-state index in [0.29, 0.717) is 11.5 Å². The van der Waals surface area contributed by atoms with Crippen molar-refractivity contribution in [2.75, 3.05) is 5.32 Å². The van der Waals surface area contributed by atoms with Crippen LogP contribution in [-0.4, -0.2) is 15.5 Å². The van der Waals surface area contributed by atoms with Crippen LogP contribution < -0.4 is 5.32 Å². The van der Waals surface area contributed by atoms with Gasteiger partial charge in [0.25, 0.3) is 5.91 Å². The van der Waals surface area contributed by atoms with Gasteiger partial charge in [0, 0.05) is 29.6 Å². The van der Waals surface area contributed by atoms with E-state index in [1.165, 1.54) is 0 Å². The Morgan fingerprint density at radius 2 is 2.09 bits per heavy atom. The number of thioether (sulfide) groups is 1. The second kappa shape index (κ2) is 7.06. The highest BCUT2D eigenvalue weighted by Crippen LogP contribution is 2.22. The Bertz CT molecular complexity index is 811. The van der Waals surface area contributed by atoms with Gasteiger partial charge in [-0.2, -0.15) is 0 Å². The van der Waals surface area contributed by atoms with Gasteiger partial charge in [-0.15, -0.1) is 0 Å². The third kappa shape index (κ3) is 4.05. The van der Waals surface area contributed by atoms with E-state index in [1.807, 2.05) is 48.1 Å². The number of hydrogen-bond donors (Lipinski definition) is 1. The van der Waals surface area contributed by atoms with Crippen molar-refractivity contribution < 1.29 is 9.21 Å². The average molecular weight is 392 g/mol. The molecule has 7 heteroatoms. The average Bonchev–Trinajstić information content (AvgIpc) is 3.16. The summed E-state index contributed by atoms with van der Waals surface area (Å²) in [5.41, 5.74) is 0.721. The first-order valence-corrected chi connectivity index (χ1v) is 8.65. The molecule has 0 bridgehead atoms. The predicted octanol–water partition coefficient (Wildman–Crippen LogP) is 4.32. The number of imidazole rings is 1. The van der Waals surface area contributed by atoms with Crippen LogP contribution in [0, 0.1) is 0 Å². The Hall–Kier alpha value is -1.99. The van der Waals surface area contributed by atoms with E-state index in [1.54, 1.807) is 24.0 Å². The van der Waals surface area contributed by atoms with Gasteiger partial charge in [0.1, 0.15) is 5.76 Å². The van der Waals surface area contributed by atoms with Crippen molar-refractivity contribution >= 4 is 39.3 Å². The summed E-state index contributed by atoms with van der Waals surface area (Å²) in [6.45, 7) is 0. The first kappa shape index (κ1) is 15.9. The highest BCUT2D eigenvalue weighted by molar-refractivity contribution is 9.10. The molecule has 0 aliphatic carbocycles. The minimum Gasteiger partial charge on any atom is -0.455 e. The molecule has 1 amide bonds. The van der Waals surface area contributed by atoms with E-state index in [0.717, 1.165) is 21.1 Å². The van der Waals surface area contributed by atoms with Crippen molar-refractivity contribution in [3.05, 3.63) is 64.8 Å². The number of carbonyl (C=O) groups excluding carboxylic acids is 1. The van der Waals surface area contributed by atoms with Crippen LogP contribution in [-0.2, 0) is 12.8 Å². The summed E-state index contributed by atoms with van der Waals surface area (Å²) in [7, 11) is 1.94. The van der Waals surface area contributed by atoms with Crippen LogP contribution in [0.5, 0.6) is 0 Å². The van der Waals surface area contributed by atoms with Gasteiger partial charge < -0.3 is 14.3 Å². The molecule has 0 aliphatic rings. The van der Waals surface area contributed by atoms with Crippen LogP contribution in [0.2, 0.25) is 0 Å². The molecule has 3 aromatic rings. The number of carbonyl (C=O) groups is 1. The minimum absolute atomic E-state index is 0.263. The fourth-order valence-corrected chi connectivity index (χ4v) is 3.02. The lowest BCUT2D eigenvalue weighted by molar-refractivity contribution is 0.0995. The summed E-state index contributed by atoms with van der Waals surface area (Å²) in [5, 5.41) is 3.71. The summed E-state index contributed by atoms with van der Waals surface area (Å²) in [6, 6.07) is 10.9. The Morgan fingerprint density at radius 3 is 2.78 bits per heavy atom. The largest absolute Gasteiger partial charge is 0.455 e. The van der Waals surface area contributed by atoms with Gasteiger partial charge in [-0.25, -0.2) is 4.98 Å². The number of amides is 1. The fourth-order valence-electron chi connectivity index (χ4n) is 1.93. The molecule has 0 saturated carbocycles. The number of aromatic nitrogens is 2. The zero-order valence-corrected chi connectivity index (χ0v) is 14.7. The molecule has 23 heavy (non-hydrogen) atoms. The highest BCUT2D eigenvalue weighted by atomic mass is 79.9. The maximum absolute atomic E-state index is 12.2. The Kier molecular flexibility index (Phi) is 4.88. The van der Waals surface area contributed by atoms with Gasteiger partial charge in [-0.1, -0.05) is 27.7 Å². The Balaban J connectivity index is 1.60. The number of benzene rings is 1. The topological polar surface area (TPSA) is 60.1 Å². The second-order valence-electron chi connectivity index (χ2n) is 4.84. The maximum Gasteiger partial charge on any atom is 0.291 e. The van der Waals surface area contributed by atoms with Crippen LogP contribution in [0.25, 0.3) is 0 Å². The monoisotopic (exact) mass is 391 g/mol. The number of furan rings is 1. The smallest absolute Gasteiger partial charge is 0.291 e. The van der Waals surface area contributed by atoms with Crippen molar-refractivity contribution in [2.24, 2.45) is 7.05 Å². The minimum atomic E-state index is -0.263. The van der Waals surface area contributed by atoms with Gasteiger partial charge >= 0.3 is 0 Å². The second-order valence-corrected chi connectivity index (χ2v) is 6.69. The summed E-state index contributed by atoms with van der Waals surface area (Å²) >= 11 is 4.92. The summed E-state index contributed by atoms with van der Waals surface area (Å²) < 4.78 is 8.50. The number of hydrogen-bond acceptors (Lipinski definition) is 4. The van der Waals surface area contributed by atoms with Gasteiger partial charge in [0.05, 0.1) is 5.75 Å². The summed E-state index contributed by atoms with van der Waals surface area (Å²) in [5.74, 6) is 1.39. The van der Waals surface area contributed by atoms with Crippen LogP contribution in [0.15, 0.2) is 62.8 Å². The van der Waals surface area contributed by atoms with Crippen molar-refractivity contribution in [2.45, 2.75) is 10.9 Å². The third-order valence-corrected chi connectivity index (χ3v) is 4.72. The van der Waals surface area contributed by atoms with Crippen molar-refractivity contribution in [3.63, 3.8) is 0 Å². The third-order valence-electron chi connectivity index (χ3n) is 3.11. The molecule has 2 heterocycles. The molecule has 2 aromatic heterocycles. The van der Waals surface area contributed by atoms with Gasteiger partial charge in [-0.05, 0) is 36.4 Å². The van der Waals surface area contributed by atoms with Crippen molar-refractivity contribution in [1.82, 2.24) is 9.55 Å². The molecule has 1 aromatic carbocycles. The Morgan fingerprint density at radius 1 is 1.30 bits per heavy atom. The van der Waals surface area contributed by atoms with E-state index in [4.69, 9.17) is 4.42 Å². The molecule has 3 rings (SSSR count). The summed E-state index contributed by atoms with van der Waals surface area (Å²) in [6.07, 6.45) is 3.64. The van der Waals surface area contributed by atoms with Crippen LogP contribution in [0.3, 0.4) is 0 Å². The molecule has 0 unspecified atom stereocenters. The number of anilines is 1. The van der Waals surface area contributed by atoms with Gasteiger partial charge in [0.15, 0.2) is 10.9 Å². The maximum atomic E-state index is 12.2. The molecule has 118 valence electrons. The van der Waals surface area contributed by atoms with E-state index < -0.39 is 0 Å². The van der Waals surface area contributed by atoms with Crippen LogP contribution in [0.4, 0.5) is 5.69 Å². The molecule has 0 fully saturated rings. The summed E-state index contributed by atoms with van der Waals surface area (Å²) in [4.78, 5) is 16.4. The normalized spacial score (nSPS) is 10.7. The van der Waals surface area contributed by atoms with Crippen LogP contribution in [0.1, 0.15) is 16.3 Å².